The molecule has 0 radical (unpaired) electrons. The van der Waals surface area contributed by atoms with Crippen molar-refractivity contribution in [2.75, 3.05) is 13.1 Å². The lowest BCUT2D eigenvalue weighted by molar-refractivity contribution is -0.142. The molecule has 0 bridgehead atoms. The predicted molar refractivity (Wildman–Crippen MR) is 133 cm³/mol. The fourth-order valence-corrected chi connectivity index (χ4v) is 4.43. The van der Waals surface area contributed by atoms with E-state index in [1.54, 1.807) is 17.0 Å². The van der Waals surface area contributed by atoms with Crippen LogP contribution in [0.15, 0.2) is 48.5 Å². The number of hydrogen-bond donors (Lipinski definition) is 1. The molecule has 1 aliphatic heterocycles. The number of ketones is 1. The molecule has 1 heterocycles. The predicted octanol–water partition coefficient (Wildman–Crippen LogP) is 5.84. The second-order valence-corrected chi connectivity index (χ2v) is 9.59. The number of likely N-dealkylation sites (tertiary alicyclic amines) is 1. The first-order chi connectivity index (χ1) is 16.7. The molecule has 188 valence electrons. The van der Waals surface area contributed by atoms with Crippen molar-refractivity contribution in [2.24, 2.45) is 11.8 Å². The molecule has 1 saturated heterocycles. The van der Waals surface area contributed by atoms with Crippen molar-refractivity contribution in [3.8, 4) is 5.75 Å². The Balaban J connectivity index is 1.49. The van der Waals surface area contributed by atoms with Gasteiger partial charge in [0.05, 0.1) is 17.0 Å². The van der Waals surface area contributed by atoms with Gasteiger partial charge in [0.2, 0.25) is 0 Å². The van der Waals surface area contributed by atoms with Gasteiger partial charge in [-0.05, 0) is 62.8 Å². The highest BCUT2D eigenvalue weighted by Crippen LogP contribution is 2.30. The van der Waals surface area contributed by atoms with Crippen LogP contribution in [0.1, 0.15) is 55.5 Å². The van der Waals surface area contributed by atoms with E-state index >= 15 is 0 Å². The molecule has 0 aliphatic carbocycles. The summed E-state index contributed by atoms with van der Waals surface area (Å²) in [5, 5.41) is 10.1. The third kappa shape index (κ3) is 7.99. The molecule has 35 heavy (non-hydrogen) atoms. The summed E-state index contributed by atoms with van der Waals surface area (Å²) in [6.07, 6.45) is 1.21. The van der Waals surface area contributed by atoms with Gasteiger partial charge in [-0.1, -0.05) is 41.9 Å². The van der Waals surface area contributed by atoms with Gasteiger partial charge in [-0.25, -0.2) is 4.79 Å². The molecule has 2 aromatic rings. The molecule has 3 rings (SSSR count). The minimum Gasteiger partial charge on any atom is -0.489 e. The van der Waals surface area contributed by atoms with Crippen LogP contribution in [0.5, 0.6) is 5.75 Å². The first-order valence-corrected chi connectivity index (χ1v) is 12.3. The average molecular weight is 502 g/mol. The Morgan fingerprint density at radius 2 is 1.77 bits per heavy atom. The third-order valence-electron chi connectivity index (χ3n) is 6.09. The SMILES string of the molecule is CC(C)Oc1ccc(C(=O)C[C@@H](CC2CCN(C(=O)OCc3ccccc3)CC2)C(=O)O)cc1Cl. The van der Waals surface area contributed by atoms with Gasteiger partial charge in [0.1, 0.15) is 12.4 Å². The number of ether oxygens (including phenoxy) is 2. The van der Waals surface area contributed by atoms with Gasteiger partial charge in [0.15, 0.2) is 5.78 Å². The Bertz CT molecular complexity index is 1020. The molecule has 0 spiro atoms. The van der Waals surface area contributed by atoms with E-state index in [-0.39, 0.29) is 36.9 Å². The molecule has 1 aliphatic rings. The quantitative estimate of drug-likeness (QED) is 0.411. The van der Waals surface area contributed by atoms with Crippen molar-refractivity contribution in [1.82, 2.24) is 4.90 Å². The van der Waals surface area contributed by atoms with Crippen LogP contribution in [0.2, 0.25) is 5.02 Å². The van der Waals surface area contributed by atoms with E-state index in [1.165, 1.54) is 6.07 Å². The van der Waals surface area contributed by atoms with Gasteiger partial charge in [-0.2, -0.15) is 0 Å². The molecule has 1 atom stereocenters. The number of rotatable bonds is 10. The normalized spacial score (nSPS) is 15.0. The zero-order valence-corrected chi connectivity index (χ0v) is 20.9. The molecular formula is C27H32ClNO6. The summed E-state index contributed by atoms with van der Waals surface area (Å²) < 4.78 is 11.0. The molecule has 0 saturated carbocycles. The van der Waals surface area contributed by atoms with Crippen LogP contribution < -0.4 is 4.74 Å². The number of halogens is 1. The van der Waals surface area contributed by atoms with Crippen molar-refractivity contribution in [3.63, 3.8) is 0 Å². The zero-order valence-electron chi connectivity index (χ0n) is 20.1. The molecule has 0 unspecified atom stereocenters. The van der Waals surface area contributed by atoms with Crippen molar-refractivity contribution in [1.29, 1.82) is 0 Å². The summed E-state index contributed by atoms with van der Waals surface area (Å²) in [7, 11) is 0. The summed E-state index contributed by atoms with van der Waals surface area (Å²) in [6.45, 7) is 4.99. The average Bonchev–Trinajstić information content (AvgIpc) is 2.84. The lowest BCUT2D eigenvalue weighted by Gasteiger charge is -2.32. The summed E-state index contributed by atoms with van der Waals surface area (Å²) in [4.78, 5) is 38.7. The van der Waals surface area contributed by atoms with Gasteiger partial charge >= 0.3 is 12.1 Å². The first kappa shape index (κ1) is 26.5. The standard InChI is InChI=1S/C27H32ClNO6/c1-18(2)35-25-9-8-21(15-23(25)28)24(30)16-22(26(31)32)14-19-10-12-29(13-11-19)27(33)34-17-20-6-4-3-5-7-20/h3-9,15,18-19,22H,10-14,16-17H2,1-2H3,(H,31,32)/t22-/m1/s1. The van der Waals surface area contributed by atoms with E-state index in [9.17, 15) is 19.5 Å². The fourth-order valence-electron chi connectivity index (χ4n) is 4.20. The summed E-state index contributed by atoms with van der Waals surface area (Å²) in [5.41, 5.74) is 1.29. The Morgan fingerprint density at radius 1 is 1.09 bits per heavy atom. The van der Waals surface area contributed by atoms with Crippen molar-refractivity contribution < 1.29 is 29.0 Å². The number of Topliss-reactive ketones (excluding diaryl/α,β-unsaturated/α-hetero) is 1. The molecule has 1 fully saturated rings. The zero-order chi connectivity index (χ0) is 25.4. The topological polar surface area (TPSA) is 93.1 Å². The third-order valence-corrected chi connectivity index (χ3v) is 6.39. The number of carbonyl (C=O) groups is 3. The van der Waals surface area contributed by atoms with Crippen molar-refractivity contribution in [3.05, 3.63) is 64.7 Å². The molecule has 1 amide bonds. The van der Waals surface area contributed by atoms with Crippen molar-refractivity contribution in [2.45, 2.75) is 52.2 Å². The second-order valence-electron chi connectivity index (χ2n) is 9.18. The van der Waals surface area contributed by atoms with Gasteiger partial charge in [0, 0.05) is 25.1 Å². The minimum atomic E-state index is -0.992. The van der Waals surface area contributed by atoms with Gasteiger partial charge in [-0.15, -0.1) is 0 Å². The van der Waals surface area contributed by atoms with Crippen LogP contribution >= 0.6 is 11.6 Å². The maximum Gasteiger partial charge on any atom is 0.410 e. The lowest BCUT2D eigenvalue weighted by Crippen LogP contribution is -2.39. The number of nitrogens with zero attached hydrogens (tertiary/aromatic N) is 1. The van der Waals surface area contributed by atoms with E-state index in [0.29, 0.717) is 48.7 Å². The summed E-state index contributed by atoms with van der Waals surface area (Å²) in [5.74, 6) is -1.45. The number of carboxylic acids is 1. The van der Waals surface area contributed by atoms with Crippen LogP contribution in [-0.4, -0.2) is 47.0 Å². The largest absolute Gasteiger partial charge is 0.489 e. The molecule has 7 nitrogen and oxygen atoms in total. The molecule has 8 heteroatoms. The number of benzene rings is 2. The number of hydrogen-bond acceptors (Lipinski definition) is 5. The lowest BCUT2D eigenvalue weighted by atomic mass is 9.84. The maximum atomic E-state index is 12.8. The minimum absolute atomic E-state index is 0.0532. The number of aliphatic carboxylic acids is 1. The number of carbonyl (C=O) groups excluding carboxylic acids is 2. The first-order valence-electron chi connectivity index (χ1n) is 11.9. The highest BCUT2D eigenvalue weighted by molar-refractivity contribution is 6.32. The summed E-state index contributed by atoms with van der Waals surface area (Å²) >= 11 is 6.23. The van der Waals surface area contributed by atoms with Crippen LogP contribution in [0.4, 0.5) is 4.79 Å². The Kier molecular flexibility index (Phi) is 9.55. The molecular weight excluding hydrogens is 470 g/mol. The Labute approximate surface area is 211 Å². The molecule has 2 aromatic carbocycles. The van der Waals surface area contributed by atoms with E-state index in [2.05, 4.69) is 0 Å². The number of piperidine rings is 1. The van der Waals surface area contributed by atoms with Crippen LogP contribution in [0.25, 0.3) is 0 Å². The molecule has 0 aromatic heterocycles. The van der Waals surface area contributed by atoms with Crippen LogP contribution in [-0.2, 0) is 16.1 Å². The van der Waals surface area contributed by atoms with Gasteiger partial charge in [0.25, 0.3) is 0 Å². The fraction of sp³-hybridized carbons (Fsp3) is 0.444. The number of amides is 1. The van der Waals surface area contributed by atoms with E-state index in [1.807, 2.05) is 44.2 Å². The Morgan fingerprint density at radius 3 is 2.37 bits per heavy atom. The van der Waals surface area contributed by atoms with Crippen LogP contribution in [0, 0.1) is 11.8 Å². The van der Waals surface area contributed by atoms with E-state index < -0.39 is 11.9 Å². The van der Waals surface area contributed by atoms with E-state index in [0.717, 1.165) is 5.56 Å². The smallest absolute Gasteiger partial charge is 0.410 e. The van der Waals surface area contributed by atoms with Crippen LogP contribution in [0.3, 0.4) is 0 Å². The Hall–Kier alpha value is -3.06. The van der Waals surface area contributed by atoms with E-state index in [4.69, 9.17) is 21.1 Å². The molecule has 1 N–H and O–H groups in total. The van der Waals surface area contributed by atoms with Gasteiger partial charge in [-0.3, -0.25) is 9.59 Å². The monoisotopic (exact) mass is 501 g/mol. The van der Waals surface area contributed by atoms with Gasteiger partial charge < -0.3 is 19.5 Å². The summed E-state index contributed by atoms with van der Waals surface area (Å²) in [6, 6.07) is 14.3. The highest BCUT2D eigenvalue weighted by Gasteiger charge is 2.30. The highest BCUT2D eigenvalue weighted by atomic mass is 35.5. The maximum absolute atomic E-state index is 12.8. The number of carboxylic acid groups (broad SMARTS) is 1. The second kappa shape index (κ2) is 12.6. The van der Waals surface area contributed by atoms with Crippen molar-refractivity contribution >= 4 is 29.4 Å².